The molecule has 0 spiro atoms. The van der Waals surface area contributed by atoms with Gasteiger partial charge in [-0.2, -0.15) is 0 Å². The van der Waals surface area contributed by atoms with Crippen molar-refractivity contribution in [3.63, 3.8) is 0 Å². The highest BCUT2D eigenvalue weighted by atomic mass is 16.5. The molecule has 51 heavy (non-hydrogen) atoms. The Bertz CT molecular complexity index is 1900. The molecule has 0 aliphatic rings. The fraction of sp³-hybridized carbons (Fsp3) is 0.171. The molecule has 6 N–H and O–H groups in total. The van der Waals surface area contributed by atoms with Crippen molar-refractivity contribution >= 4 is 23.6 Å². The Morgan fingerprint density at radius 1 is 0.490 bits per heavy atom. The van der Waals surface area contributed by atoms with Gasteiger partial charge in [0.1, 0.15) is 30.2 Å². The predicted molar refractivity (Wildman–Crippen MR) is 194 cm³/mol. The summed E-state index contributed by atoms with van der Waals surface area (Å²) >= 11 is 0. The Kier molecular flexibility index (Phi) is 12.5. The maximum absolute atomic E-state index is 13.0. The lowest BCUT2D eigenvalue weighted by Gasteiger charge is -2.17. The van der Waals surface area contributed by atoms with Crippen LogP contribution in [0, 0.1) is 0 Å². The van der Waals surface area contributed by atoms with Crippen LogP contribution in [0.1, 0.15) is 43.0 Å². The SMILES string of the molecule is NC(=O)C(Cc1ccc(OCCc2ccccc2)cc1)NC(=O)c1ccc(C(=O)NC(Cc2ccc(OCc3ccccc3)cc2)C(N)=O)cc1. The molecule has 5 aromatic rings. The van der Waals surface area contributed by atoms with Gasteiger partial charge in [-0.05, 0) is 70.8 Å². The van der Waals surface area contributed by atoms with Crippen LogP contribution in [-0.4, -0.2) is 42.3 Å². The molecule has 2 atom stereocenters. The van der Waals surface area contributed by atoms with Crippen molar-refractivity contribution in [1.82, 2.24) is 10.6 Å². The van der Waals surface area contributed by atoms with Crippen LogP contribution in [0.25, 0.3) is 0 Å². The van der Waals surface area contributed by atoms with Crippen LogP contribution in [0.4, 0.5) is 0 Å². The molecule has 0 aliphatic heterocycles. The highest BCUT2D eigenvalue weighted by molar-refractivity contribution is 6.00. The number of carbonyl (C=O) groups excluding carboxylic acids is 4. The van der Waals surface area contributed by atoms with E-state index in [1.807, 2.05) is 97.1 Å². The standard InChI is InChI=1S/C41H40N4O6/c42-38(46)36(25-29-11-19-34(20-12-29)50-24-23-28-7-3-1-4-8-28)44-40(48)32-15-17-33(18-16-32)41(49)45-37(39(43)47)26-30-13-21-35(22-14-30)51-27-31-9-5-2-6-10-31/h1-22,36-37H,23-27H2,(H2,42,46)(H2,43,47)(H,44,48)(H,45,49). The summed E-state index contributed by atoms with van der Waals surface area (Å²) in [5.41, 5.74) is 15.5. The molecule has 0 bridgehead atoms. The van der Waals surface area contributed by atoms with Crippen LogP contribution in [0.3, 0.4) is 0 Å². The van der Waals surface area contributed by atoms with Gasteiger partial charge >= 0.3 is 0 Å². The third-order valence-electron chi connectivity index (χ3n) is 8.18. The molecule has 0 aromatic heterocycles. The Morgan fingerprint density at radius 2 is 0.902 bits per heavy atom. The second kappa shape index (κ2) is 17.8. The van der Waals surface area contributed by atoms with Crippen molar-refractivity contribution in [1.29, 1.82) is 0 Å². The Hall–Kier alpha value is -6.42. The van der Waals surface area contributed by atoms with Gasteiger partial charge in [0.05, 0.1) is 6.61 Å². The van der Waals surface area contributed by atoms with Crippen LogP contribution in [0.5, 0.6) is 11.5 Å². The number of benzene rings is 5. The van der Waals surface area contributed by atoms with E-state index < -0.39 is 35.7 Å². The number of ether oxygens (including phenoxy) is 2. The third kappa shape index (κ3) is 11.0. The molecule has 5 aromatic carbocycles. The molecule has 2 unspecified atom stereocenters. The van der Waals surface area contributed by atoms with E-state index in [1.54, 1.807) is 12.1 Å². The molecule has 0 heterocycles. The topological polar surface area (TPSA) is 163 Å². The largest absolute Gasteiger partial charge is 0.493 e. The molecule has 5 rings (SSSR count). The first-order chi connectivity index (χ1) is 24.7. The maximum atomic E-state index is 13.0. The van der Waals surface area contributed by atoms with Gasteiger partial charge in [0, 0.05) is 30.4 Å². The number of nitrogens with two attached hydrogens (primary N) is 2. The Labute approximate surface area is 296 Å². The number of hydrogen-bond donors (Lipinski definition) is 4. The van der Waals surface area contributed by atoms with Crippen molar-refractivity contribution in [3.05, 3.63) is 167 Å². The monoisotopic (exact) mass is 684 g/mol. The number of carbonyl (C=O) groups is 4. The first kappa shape index (κ1) is 35.9. The van der Waals surface area contributed by atoms with Crippen LogP contribution >= 0.6 is 0 Å². The molecule has 260 valence electrons. The zero-order chi connectivity index (χ0) is 36.0. The first-order valence-electron chi connectivity index (χ1n) is 16.6. The molecular weight excluding hydrogens is 644 g/mol. The minimum Gasteiger partial charge on any atom is -0.493 e. The Balaban J connectivity index is 1.10. The summed E-state index contributed by atoms with van der Waals surface area (Å²) in [6, 6.07) is 38.2. The molecule has 0 fully saturated rings. The number of amides is 4. The molecule has 0 radical (unpaired) electrons. The van der Waals surface area contributed by atoms with Gasteiger partial charge in [-0.1, -0.05) is 84.9 Å². The average molecular weight is 685 g/mol. The highest BCUT2D eigenvalue weighted by Crippen LogP contribution is 2.17. The van der Waals surface area contributed by atoms with E-state index in [0.717, 1.165) is 23.1 Å². The highest BCUT2D eigenvalue weighted by Gasteiger charge is 2.22. The van der Waals surface area contributed by atoms with Gasteiger partial charge in [0.2, 0.25) is 11.8 Å². The smallest absolute Gasteiger partial charge is 0.251 e. The summed E-state index contributed by atoms with van der Waals surface area (Å²) in [5, 5.41) is 5.35. The zero-order valence-corrected chi connectivity index (χ0v) is 28.0. The van der Waals surface area contributed by atoms with Crippen molar-refractivity contribution in [3.8, 4) is 11.5 Å². The van der Waals surface area contributed by atoms with Crippen molar-refractivity contribution in [2.45, 2.75) is 38.0 Å². The summed E-state index contributed by atoms with van der Waals surface area (Å²) in [6.45, 7) is 0.948. The van der Waals surface area contributed by atoms with Gasteiger partial charge in [0.15, 0.2) is 0 Å². The van der Waals surface area contributed by atoms with Gasteiger partial charge in [-0.15, -0.1) is 0 Å². The second-order valence-corrected chi connectivity index (χ2v) is 12.0. The molecule has 4 amide bonds. The molecular formula is C41H40N4O6. The first-order valence-corrected chi connectivity index (χ1v) is 16.6. The zero-order valence-electron chi connectivity index (χ0n) is 28.0. The summed E-state index contributed by atoms with van der Waals surface area (Å²) in [7, 11) is 0. The number of rotatable bonds is 17. The Morgan fingerprint density at radius 3 is 1.33 bits per heavy atom. The lowest BCUT2D eigenvalue weighted by Crippen LogP contribution is -2.46. The average Bonchev–Trinajstić information content (AvgIpc) is 3.15. The molecule has 10 heteroatoms. The summed E-state index contributed by atoms with van der Waals surface area (Å²) in [6.07, 6.45) is 1.14. The van der Waals surface area contributed by atoms with Gasteiger partial charge in [0.25, 0.3) is 11.8 Å². The van der Waals surface area contributed by atoms with E-state index >= 15 is 0 Å². The van der Waals surface area contributed by atoms with E-state index in [2.05, 4.69) is 10.6 Å². The van der Waals surface area contributed by atoms with Crippen LogP contribution in [-0.2, 0) is 35.5 Å². The lowest BCUT2D eigenvalue weighted by atomic mass is 10.0. The van der Waals surface area contributed by atoms with Crippen molar-refractivity contribution in [2.75, 3.05) is 6.61 Å². The van der Waals surface area contributed by atoms with Gasteiger partial charge in [-0.3, -0.25) is 19.2 Å². The second-order valence-electron chi connectivity index (χ2n) is 12.0. The van der Waals surface area contributed by atoms with E-state index in [1.165, 1.54) is 29.8 Å². The van der Waals surface area contributed by atoms with Crippen LogP contribution < -0.4 is 31.6 Å². The molecule has 0 aliphatic carbocycles. The van der Waals surface area contributed by atoms with Crippen LogP contribution in [0.15, 0.2) is 133 Å². The number of nitrogens with one attached hydrogen (secondary N) is 2. The van der Waals surface area contributed by atoms with Crippen LogP contribution in [0.2, 0.25) is 0 Å². The van der Waals surface area contributed by atoms with Crippen molar-refractivity contribution in [2.24, 2.45) is 11.5 Å². The summed E-state index contributed by atoms with van der Waals surface area (Å²) in [4.78, 5) is 50.5. The van der Waals surface area contributed by atoms with Gasteiger partial charge < -0.3 is 31.6 Å². The normalized spacial score (nSPS) is 11.8. The van der Waals surface area contributed by atoms with E-state index in [0.29, 0.717) is 24.7 Å². The minimum absolute atomic E-state index is 0.180. The van der Waals surface area contributed by atoms with E-state index in [4.69, 9.17) is 20.9 Å². The quantitative estimate of drug-likeness (QED) is 0.112. The fourth-order valence-corrected chi connectivity index (χ4v) is 5.29. The minimum atomic E-state index is -0.970. The maximum Gasteiger partial charge on any atom is 0.251 e. The lowest BCUT2D eigenvalue weighted by molar-refractivity contribution is -0.120. The third-order valence-corrected chi connectivity index (χ3v) is 8.18. The molecule has 0 saturated carbocycles. The van der Waals surface area contributed by atoms with E-state index in [9.17, 15) is 19.2 Å². The van der Waals surface area contributed by atoms with Crippen molar-refractivity contribution < 1.29 is 28.7 Å². The summed E-state index contributed by atoms with van der Waals surface area (Å²) in [5.74, 6) is -1.07. The molecule has 0 saturated heterocycles. The fourth-order valence-electron chi connectivity index (χ4n) is 5.29. The van der Waals surface area contributed by atoms with E-state index in [-0.39, 0.29) is 24.0 Å². The predicted octanol–water partition coefficient (Wildman–Crippen LogP) is 4.54. The molecule has 10 nitrogen and oxygen atoms in total. The van der Waals surface area contributed by atoms with Gasteiger partial charge in [-0.25, -0.2) is 0 Å². The number of hydrogen-bond acceptors (Lipinski definition) is 6. The summed E-state index contributed by atoms with van der Waals surface area (Å²) < 4.78 is 11.6. The number of primary amides is 2.